The van der Waals surface area contributed by atoms with E-state index in [1.807, 2.05) is 20.8 Å². The van der Waals surface area contributed by atoms with Crippen LogP contribution in [0.3, 0.4) is 0 Å². The van der Waals surface area contributed by atoms with E-state index in [1.165, 1.54) is 12.8 Å². The van der Waals surface area contributed by atoms with Crippen molar-refractivity contribution in [1.29, 1.82) is 0 Å². The molecule has 1 heterocycles. The third-order valence-corrected chi connectivity index (χ3v) is 3.33. The number of hydrogen-bond donors (Lipinski definition) is 2. The van der Waals surface area contributed by atoms with Gasteiger partial charge in [-0.2, -0.15) is 0 Å². The molecule has 1 unspecified atom stereocenters. The second-order valence-electron chi connectivity index (χ2n) is 6.46. The Morgan fingerprint density at radius 1 is 1.38 bits per heavy atom. The van der Waals surface area contributed by atoms with E-state index in [4.69, 9.17) is 9.47 Å². The van der Waals surface area contributed by atoms with Crippen molar-refractivity contribution in [3.8, 4) is 0 Å². The Morgan fingerprint density at radius 2 is 2.14 bits per heavy atom. The van der Waals surface area contributed by atoms with Gasteiger partial charge in [-0.05, 0) is 40.2 Å². The second-order valence-corrected chi connectivity index (χ2v) is 6.46. The number of nitrogens with one attached hydrogen (secondary N) is 2. The summed E-state index contributed by atoms with van der Waals surface area (Å²) in [4.78, 5) is 13.9. The molecule has 2 N–H and O–H groups in total. The van der Waals surface area contributed by atoms with Gasteiger partial charge in [0.1, 0.15) is 5.60 Å². The summed E-state index contributed by atoms with van der Waals surface area (Å²) in [6.07, 6.45) is 2.12. The molecule has 0 spiro atoms. The number of hydrogen-bond acceptors (Lipinski definition) is 5. The summed E-state index contributed by atoms with van der Waals surface area (Å²) in [6.45, 7) is 10.2. The van der Waals surface area contributed by atoms with Crippen molar-refractivity contribution in [3.05, 3.63) is 0 Å². The quantitative estimate of drug-likeness (QED) is 0.740. The Bertz CT molecular complexity index is 299. The summed E-state index contributed by atoms with van der Waals surface area (Å²) < 4.78 is 10.5. The molecule has 0 bridgehead atoms. The summed E-state index contributed by atoms with van der Waals surface area (Å²) in [5.74, 6) is 0. The van der Waals surface area contributed by atoms with Gasteiger partial charge in [0, 0.05) is 39.3 Å². The van der Waals surface area contributed by atoms with Crippen LogP contribution in [-0.4, -0.2) is 69.1 Å². The Hall–Kier alpha value is -0.850. The van der Waals surface area contributed by atoms with Crippen LogP contribution in [0.25, 0.3) is 0 Å². The molecule has 0 aliphatic carbocycles. The maximum Gasteiger partial charge on any atom is 0.410 e. The van der Waals surface area contributed by atoms with Crippen molar-refractivity contribution in [1.82, 2.24) is 15.5 Å². The monoisotopic (exact) mass is 301 g/mol. The van der Waals surface area contributed by atoms with Crippen molar-refractivity contribution >= 4 is 6.09 Å². The molecule has 124 valence electrons. The van der Waals surface area contributed by atoms with Crippen LogP contribution in [0.1, 0.15) is 33.6 Å². The number of carbonyl (C=O) groups excluding carboxylic acids is 1. The minimum Gasteiger partial charge on any atom is -0.444 e. The van der Waals surface area contributed by atoms with Gasteiger partial charge in [0.2, 0.25) is 0 Å². The van der Waals surface area contributed by atoms with Gasteiger partial charge in [-0.1, -0.05) is 0 Å². The first kappa shape index (κ1) is 18.2. The molecular weight excluding hydrogens is 270 g/mol. The van der Waals surface area contributed by atoms with Gasteiger partial charge in [0.25, 0.3) is 0 Å². The number of carbonyl (C=O) groups is 1. The highest BCUT2D eigenvalue weighted by atomic mass is 16.6. The summed E-state index contributed by atoms with van der Waals surface area (Å²) in [5, 5.41) is 6.87. The summed E-state index contributed by atoms with van der Waals surface area (Å²) in [6, 6.07) is 0.502. The molecule has 0 radical (unpaired) electrons. The lowest BCUT2D eigenvalue weighted by molar-refractivity contribution is 0.0202. The standard InChI is InChI=1S/C15H31N3O3/c1-15(2,3)21-14(19)18(10-11-20-4)9-8-17-13-6-5-7-16-12-13/h13,16-17H,5-12H2,1-4H3. The zero-order valence-corrected chi connectivity index (χ0v) is 13.9. The van der Waals surface area contributed by atoms with Crippen LogP contribution in [-0.2, 0) is 9.47 Å². The molecule has 21 heavy (non-hydrogen) atoms. The van der Waals surface area contributed by atoms with Gasteiger partial charge < -0.3 is 25.0 Å². The number of nitrogens with zero attached hydrogens (tertiary/aromatic N) is 1. The number of methoxy groups -OCH3 is 1. The minimum absolute atomic E-state index is 0.275. The third kappa shape index (κ3) is 8.24. The topological polar surface area (TPSA) is 62.8 Å². The van der Waals surface area contributed by atoms with E-state index in [0.29, 0.717) is 25.7 Å². The van der Waals surface area contributed by atoms with Crippen LogP contribution >= 0.6 is 0 Å². The third-order valence-electron chi connectivity index (χ3n) is 3.33. The highest BCUT2D eigenvalue weighted by molar-refractivity contribution is 5.68. The van der Waals surface area contributed by atoms with Crippen LogP contribution in [0, 0.1) is 0 Å². The largest absolute Gasteiger partial charge is 0.444 e. The zero-order valence-electron chi connectivity index (χ0n) is 13.9. The first-order valence-corrected chi connectivity index (χ1v) is 7.83. The average molecular weight is 301 g/mol. The van der Waals surface area contributed by atoms with E-state index in [0.717, 1.165) is 19.6 Å². The summed E-state index contributed by atoms with van der Waals surface area (Å²) in [7, 11) is 1.64. The molecule has 1 rings (SSSR count). The van der Waals surface area contributed by atoms with E-state index in [9.17, 15) is 4.79 Å². The van der Waals surface area contributed by atoms with Gasteiger partial charge in [-0.25, -0.2) is 4.79 Å². The maximum atomic E-state index is 12.2. The summed E-state index contributed by atoms with van der Waals surface area (Å²) >= 11 is 0. The van der Waals surface area contributed by atoms with Crippen molar-refractivity contribution in [2.45, 2.75) is 45.3 Å². The average Bonchev–Trinajstić information content (AvgIpc) is 2.41. The van der Waals surface area contributed by atoms with Crippen molar-refractivity contribution < 1.29 is 14.3 Å². The smallest absolute Gasteiger partial charge is 0.410 e. The van der Waals surface area contributed by atoms with Crippen molar-refractivity contribution in [3.63, 3.8) is 0 Å². The number of rotatable bonds is 7. The fourth-order valence-electron chi connectivity index (χ4n) is 2.25. The van der Waals surface area contributed by atoms with E-state index >= 15 is 0 Å². The second kappa shape index (κ2) is 9.23. The normalized spacial score (nSPS) is 19.3. The van der Waals surface area contributed by atoms with Gasteiger partial charge in [-0.3, -0.25) is 0 Å². The maximum absolute atomic E-state index is 12.2. The van der Waals surface area contributed by atoms with E-state index in [-0.39, 0.29) is 6.09 Å². The predicted molar refractivity (Wildman–Crippen MR) is 83.6 cm³/mol. The number of amides is 1. The van der Waals surface area contributed by atoms with Gasteiger partial charge >= 0.3 is 6.09 Å². The molecule has 0 saturated carbocycles. The SMILES string of the molecule is COCCN(CCNC1CCCNC1)C(=O)OC(C)(C)C. The van der Waals surface area contributed by atoms with Crippen LogP contribution in [0.15, 0.2) is 0 Å². The molecule has 0 aromatic carbocycles. The van der Waals surface area contributed by atoms with Crippen LogP contribution in [0.5, 0.6) is 0 Å². The van der Waals surface area contributed by atoms with Crippen molar-refractivity contribution in [2.75, 3.05) is 46.4 Å². The fraction of sp³-hybridized carbons (Fsp3) is 0.933. The summed E-state index contributed by atoms with van der Waals surface area (Å²) in [5.41, 5.74) is -0.469. The molecule has 0 aromatic heterocycles. The Balaban J connectivity index is 2.35. The minimum atomic E-state index is -0.469. The Kier molecular flexibility index (Phi) is 8.00. The lowest BCUT2D eigenvalue weighted by Gasteiger charge is -2.29. The molecule has 0 aromatic rings. The van der Waals surface area contributed by atoms with E-state index in [2.05, 4.69) is 10.6 Å². The molecule has 1 atom stereocenters. The lowest BCUT2D eigenvalue weighted by atomic mass is 10.1. The molecule has 1 saturated heterocycles. The van der Waals surface area contributed by atoms with Gasteiger partial charge in [-0.15, -0.1) is 0 Å². The van der Waals surface area contributed by atoms with Crippen LogP contribution in [0.4, 0.5) is 4.79 Å². The van der Waals surface area contributed by atoms with E-state index < -0.39 is 5.60 Å². The first-order chi connectivity index (χ1) is 9.92. The lowest BCUT2D eigenvalue weighted by Crippen LogP contribution is -2.47. The highest BCUT2D eigenvalue weighted by Crippen LogP contribution is 2.09. The highest BCUT2D eigenvalue weighted by Gasteiger charge is 2.22. The Morgan fingerprint density at radius 3 is 2.71 bits per heavy atom. The molecule has 1 fully saturated rings. The van der Waals surface area contributed by atoms with Crippen molar-refractivity contribution in [2.24, 2.45) is 0 Å². The molecular formula is C15H31N3O3. The van der Waals surface area contributed by atoms with Gasteiger partial charge in [0.15, 0.2) is 0 Å². The number of ether oxygens (including phenoxy) is 2. The van der Waals surface area contributed by atoms with E-state index in [1.54, 1.807) is 12.0 Å². The molecule has 1 aliphatic rings. The molecule has 1 amide bonds. The van der Waals surface area contributed by atoms with Crippen LogP contribution in [0.2, 0.25) is 0 Å². The van der Waals surface area contributed by atoms with Crippen LogP contribution < -0.4 is 10.6 Å². The first-order valence-electron chi connectivity index (χ1n) is 7.83. The molecule has 6 nitrogen and oxygen atoms in total. The Labute approximate surface area is 128 Å². The zero-order chi connectivity index (χ0) is 15.7. The fourth-order valence-corrected chi connectivity index (χ4v) is 2.25. The molecule has 6 heteroatoms. The number of piperidine rings is 1. The predicted octanol–water partition coefficient (Wildman–Crippen LogP) is 1.21. The molecule has 1 aliphatic heterocycles. The van der Waals surface area contributed by atoms with Gasteiger partial charge in [0.05, 0.1) is 6.61 Å².